The highest BCUT2D eigenvalue weighted by atomic mass is 16.1. The maximum atomic E-state index is 11.5. The Morgan fingerprint density at radius 2 is 1.67 bits per heavy atom. The lowest BCUT2D eigenvalue weighted by atomic mass is 9.85. The van der Waals surface area contributed by atoms with Crippen molar-refractivity contribution in [3.63, 3.8) is 0 Å². The van der Waals surface area contributed by atoms with E-state index in [0.29, 0.717) is 6.42 Å². The number of rotatable bonds is 5. The van der Waals surface area contributed by atoms with Crippen molar-refractivity contribution >= 4 is 16.7 Å². The summed E-state index contributed by atoms with van der Waals surface area (Å²) in [6, 6.07) is 18.7. The summed E-state index contributed by atoms with van der Waals surface area (Å²) in [6.07, 6.45) is 3.30. The molecule has 1 amide bonds. The molecule has 122 valence electrons. The Kier molecular flexibility index (Phi) is 4.34. The van der Waals surface area contributed by atoms with E-state index in [1.807, 2.05) is 38.2 Å². The number of nitrogens with two attached hydrogens (primary N) is 1. The summed E-state index contributed by atoms with van der Waals surface area (Å²) in [7, 11) is 0. The maximum absolute atomic E-state index is 11.5. The first-order chi connectivity index (χ1) is 11.5. The van der Waals surface area contributed by atoms with Crippen LogP contribution in [0.3, 0.4) is 0 Å². The highest BCUT2D eigenvalue weighted by Gasteiger charge is 2.25. The molecule has 0 saturated heterocycles. The summed E-state index contributed by atoms with van der Waals surface area (Å²) in [5, 5.41) is 2.40. The fraction of sp³-hybridized carbons (Fsp3) is 0.238. The largest absolute Gasteiger partial charge is 0.369 e. The molecular formula is C21H22N2O. The van der Waals surface area contributed by atoms with Crippen molar-refractivity contribution in [3.05, 3.63) is 77.6 Å². The molecule has 3 nitrogen and oxygen atoms in total. The Balaban J connectivity index is 1.80. The Morgan fingerprint density at radius 3 is 2.38 bits per heavy atom. The average Bonchev–Trinajstić information content (AvgIpc) is 2.56. The van der Waals surface area contributed by atoms with Crippen LogP contribution in [0.1, 0.15) is 30.7 Å². The van der Waals surface area contributed by atoms with Gasteiger partial charge in [-0.05, 0) is 29.0 Å². The van der Waals surface area contributed by atoms with Crippen molar-refractivity contribution in [2.24, 2.45) is 11.1 Å². The van der Waals surface area contributed by atoms with Gasteiger partial charge in [-0.25, -0.2) is 0 Å². The van der Waals surface area contributed by atoms with Crippen LogP contribution in [0.15, 0.2) is 60.8 Å². The molecule has 1 aromatic heterocycles. The monoisotopic (exact) mass is 318 g/mol. The van der Waals surface area contributed by atoms with Crippen molar-refractivity contribution in [2.45, 2.75) is 26.7 Å². The molecule has 3 rings (SSSR count). The lowest BCUT2D eigenvalue weighted by Crippen LogP contribution is -2.33. The number of amides is 1. The molecule has 3 aromatic rings. The van der Waals surface area contributed by atoms with Crippen LogP contribution in [-0.4, -0.2) is 10.9 Å². The number of hydrogen-bond donors (Lipinski definition) is 1. The maximum Gasteiger partial charge on any atom is 0.223 e. The second kappa shape index (κ2) is 6.44. The minimum Gasteiger partial charge on any atom is -0.369 e. The molecule has 0 unspecified atom stereocenters. The van der Waals surface area contributed by atoms with Crippen molar-refractivity contribution in [3.8, 4) is 0 Å². The van der Waals surface area contributed by atoms with Gasteiger partial charge in [-0.1, -0.05) is 62.4 Å². The highest BCUT2D eigenvalue weighted by Crippen LogP contribution is 2.23. The van der Waals surface area contributed by atoms with Crippen LogP contribution in [0.25, 0.3) is 10.8 Å². The third kappa shape index (κ3) is 3.46. The second-order valence-electron chi connectivity index (χ2n) is 6.90. The third-order valence-electron chi connectivity index (χ3n) is 4.46. The number of carbonyl (C=O) groups is 1. The van der Waals surface area contributed by atoms with Crippen LogP contribution in [-0.2, 0) is 17.6 Å². The summed E-state index contributed by atoms with van der Waals surface area (Å²) >= 11 is 0. The Morgan fingerprint density at radius 1 is 1.00 bits per heavy atom. The van der Waals surface area contributed by atoms with Crippen LogP contribution < -0.4 is 5.73 Å². The predicted octanol–water partition coefficient (Wildman–Crippen LogP) is 3.88. The molecular weight excluding hydrogens is 296 g/mol. The Hall–Kier alpha value is -2.68. The normalized spacial score (nSPS) is 11.6. The van der Waals surface area contributed by atoms with Gasteiger partial charge in [0.25, 0.3) is 0 Å². The first kappa shape index (κ1) is 16.2. The minimum atomic E-state index is -0.529. The molecule has 0 fully saturated rings. The quantitative estimate of drug-likeness (QED) is 0.776. The van der Waals surface area contributed by atoms with Gasteiger partial charge in [0.15, 0.2) is 0 Å². The van der Waals surface area contributed by atoms with E-state index in [-0.39, 0.29) is 5.91 Å². The molecule has 2 aromatic carbocycles. The van der Waals surface area contributed by atoms with Gasteiger partial charge in [0, 0.05) is 23.4 Å². The standard InChI is InChI=1S/C21H22N2O/c1-21(2,20(22)24)14-16-9-7-15(8-10-16)13-19-18-6-4-3-5-17(18)11-12-23-19/h3-12H,13-14H2,1-2H3,(H2,22,24). The van der Waals surface area contributed by atoms with Gasteiger partial charge in [-0.15, -0.1) is 0 Å². The van der Waals surface area contributed by atoms with Gasteiger partial charge in [0.05, 0.1) is 5.69 Å². The van der Waals surface area contributed by atoms with E-state index >= 15 is 0 Å². The summed E-state index contributed by atoms with van der Waals surface area (Å²) in [5.41, 5.74) is 8.34. The molecule has 0 spiro atoms. The van der Waals surface area contributed by atoms with E-state index < -0.39 is 5.41 Å². The molecule has 0 radical (unpaired) electrons. The van der Waals surface area contributed by atoms with Crippen LogP contribution in [0.2, 0.25) is 0 Å². The molecule has 3 heteroatoms. The van der Waals surface area contributed by atoms with E-state index in [4.69, 9.17) is 5.73 Å². The number of fused-ring (bicyclic) bond motifs is 1. The fourth-order valence-corrected chi connectivity index (χ4v) is 2.89. The van der Waals surface area contributed by atoms with E-state index in [1.165, 1.54) is 16.3 Å². The topological polar surface area (TPSA) is 56.0 Å². The molecule has 0 saturated carbocycles. The smallest absolute Gasteiger partial charge is 0.223 e. The first-order valence-electron chi connectivity index (χ1n) is 8.16. The fourth-order valence-electron chi connectivity index (χ4n) is 2.89. The number of hydrogen-bond acceptors (Lipinski definition) is 2. The number of benzene rings is 2. The summed E-state index contributed by atoms with van der Waals surface area (Å²) < 4.78 is 0. The Bertz CT molecular complexity index is 861. The van der Waals surface area contributed by atoms with Gasteiger partial charge in [-0.2, -0.15) is 0 Å². The molecule has 0 aliphatic rings. The molecule has 24 heavy (non-hydrogen) atoms. The van der Waals surface area contributed by atoms with Gasteiger partial charge >= 0.3 is 0 Å². The van der Waals surface area contributed by atoms with Crippen LogP contribution in [0.5, 0.6) is 0 Å². The summed E-state index contributed by atoms with van der Waals surface area (Å²) in [5.74, 6) is -0.272. The van der Waals surface area contributed by atoms with E-state index in [0.717, 1.165) is 17.7 Å². The van der Waals surface area contributed by atoms with E-state index in [1.54, 1.807) is 0 Å². The number of pyridine rings is 1. The van der Waals surface area contributed by atoms with Crippen molar-refractivity contribution in [1.29, 1.82) is 0 Å². The molecule has 2 N–H and O–H groups in total. The molecule has 0 atom stereocenters. The zero-order valence-corrected chi connectivity index (χ0v) is 14.1. The Labute approximate surface area is 142 Å². The SMILES string of the molecule is CC(C)(Cc1ccc(Cc2nccc3ccccc23)cc1)C(N)=O. The number of nitrogens with zero attached hydrogens (tertiary/aromatic N) is 1. The lowest BCUT2D eigenvalue weighted by Gasteiger charge is -2.20. The second-order valence-corrected chi connectivity index (χ2v) is 6.90. The molecule has 0 bridgehead atoms. The molecule has 0 aliphatic carbocycles. The van der Waals surface area contributed by atoms with Gasteiger partial charge in [0.1, 0.15) is 0 Å². The zero-order valence-electron chi connectivity index (χ0n) is 14.1. The first-order valence-corrected chi connectivity index (χ1v) is 8.16. The number of primary amides is 1. The predicted molar refractivity (Wildman–Crippen MR) is 97.7 cm³/mol. The summed E-state index contributed by atoms with van der Waals surface area (Å²) in [6.45, 7) is 3.76. The third-order valence-corrected chi connectivity index (χ3v) is 4.46. The van der Waals surface area contributed by atoms with Crippen LogP contribution in [0, 0.1) is 5.41 Å². The van der Waals surface area contributed by atoms with Crippen molar-refractivity contribution in [1.82, 2.24) is 4.98 Å². The van der Waals surface area contributed by atoms with Crippen molar-refractivity contribution in [2.75, 3.05) is 0 Å². The van der Waals surface area contributed by atoms with E-state index in [2.05, 4.69) is 41.4 Å². The van der Waals surface area contributed by atoms with Crippen LogP contribution >= 0.6 is 0 Å². The molecule has 0 aliphatic heterocycles. The van der Waals surface area contributed by atoms with Gasteiger partial charge < -0.3 is 5.73 Å². The van der Waals surface area contributed by atoms with Crippen molar-refractivity contribution < 1.29 is 4.79 Å². The minimum absolute atomic E-state index is 0.272. The average molecular weight is 318 g/mol. The van der Waals surface area contributed by atoms with E-state index in [9.17, 15) is 4.79 Å². The summed E-state index contributed by atoms with van der Waals surface area (Å²) in [4.78, 5) is 16.0. The number of carbonyl (C=O) groups excluding carboxylic acids is 1. The van der Waals surface area contributed by atoms with Gasteiger partial charge in [0.2, 0.25) is 5.91 Å². The number of aromatic nitrogens is 1. The van der Waals surface area contributed by atoms with Crippen LogP contribution in [0.4, 0.5) is 0 Å². The van der Waals surface area contributed by atoms with Gasteiger partial charge in [-0.3, -0.25) is 9.78 Å². The lowest BCUT2D eigenvalue weighted by molar-refractivity contribution is -0.125. The zero-order chi connectivity index (χ0) is 17.2. The highest BCUT2D eigenvalue weighted by molar-refractivity contribution is 5.84. The molecule has 1 heterocycles.